The minimum absolute atomic E-state index is 1.23. The smallest absolute Gasteiger partial charge is 0.0380 e. The molecule has 0 amide bonds. The first-order chi connectivity index (χ1) is 6.93. The molecule has 0 N–H and O–H groups in total. The Kier molecular flexibility index (Phi) is 1.95. The van der Waals surface area contributed by atoms with Crippen LogP contribution in [0.15, 0.2) is 29.6 Å². The maximum atomic E-state index is 2.49. The minimum atomic E-state index is 1.23. The summed E-state index contributed by atoms with van der Waals surface area (Å²) in [6.45, 7) is 2.47. The number of hydrogen-bond donors (Lipinski definition) is 0. The Morgan fingerprint density at radius 3 is 2.79 bits per heavy atom. The Hall–Kier alpha value is -1.02. The van der Waals surface area contributed by atoms with Crippen LogP contribution in [0.1, 0.15) is 12.8 Å². The molecule has 0 atom stereocenters. The summed E-state index contributed by atoms with van der Waals surface area (Å²) in [5.41, 5.74) is 1.40. The Bertz CT molecular complexity index is 440. The Morgan fingerprint density at radius 1 is 1.07 bits per heavy atom. The highest BCUT2D eigenvalue weighted by Crippen LogP contribution is 2.27. The van der Waals surface area contributed by atoms with Crippen molar-refractivity contribution in [1.82, 2.24) is 0 Å². The van der Waals surface area contributed by atoms with Gasteiger partial charge >= 0.3 is 0 Å². The van der Waals surface area contributed by atoms with E-state index < -0.39 is 0 Å². The molecule has 3 rings (SSSR count). The van der Waals surface area contributed by atoms with Crippen molar-refractivity contribution >= 4 is 27.1 Å². The fraction of sp³-hybridized carbons (Fsp3) is 0.333. The van der Waals surface area contributed by atoms with Gasteiger partial charge in [0, 0.05) is 23.5 Å². The van der Waals surface area contributed by atoms with Gasteiger partial charge in [0.05, 0.1) is 0 Å². The summed E-state index contributed by atoms with van der Waals surface area (Å²) in [5, 5.41) is 3.54. The Labute approximate surface area is 88.0 Å². The van der Waals surface area contributed by atoms with E-state index in [9.17, 15) is 0 Å². The van der Waals surface area contributed by atoms with Gasteiger partial charge in [-0.15, -0.1) is 11.3 Å². The molecule has 1 aliphatic rings. The SMILES string of the molecule is c1cc2ccc(N3CCCC3)cc2s1. The highest BCUT2D eigenvalue weighted by molar-refractivity contribution is 7.17. The van der Waals surface area contributed by atoms with Gasteiger partial charge < -0.3 is 4.90 Å². The van der Waals surface area contributed by atoms with E-state index in [0.717, 1.165) is 0 Å². The van der Waals surface area contributed by atoms with Gasteiger partial charge in [-0.3, -0.25) is 0 Å². The quantitative estimate of drug-likeness (QED) is 0.685. The molecule has 1 aromatic heterocycles. The number of nitrogens with zero attached hydrogens (tertiary/aromatic N) is 1. The molecule has 14 heavy (non-hydrogen) atoms. The molecule has 1 fully saturated rings. The number of fused-ring (bicyclic) bond motifs is 1. The van der Waals surface area contributed by atoms with Crippen molar-refractivity contribution in [2.75, 3.05) is 18.0 Å². The van der Waals surface area contributed by atoms with Crippen LogP contribution in [0.3, 0.4) is 0 Å². The molecule has 0 bridgehead atoms. The van der Waals surface area contributed by atoms with E-state index in [-0.39, 0.29) is 0 Å². The number of anilines is 1. The van der Waals surface area contributed by atoms with Crippen LogP contribution in [0.4, 0.5) is 5.69 Å². The molecule has 1 aromatic carbocycles. The van der Waals surface area contributed by atoms with Crippen LogP contribution in [0.25, 0.3) is 10.1 Å². The van der Waals surface area contributed by atoms with Crippen molar-refractivity contribution in [2.24, 2.45) is 0 Å². The maximum absolute atomic E-state index is 2.49. The van der Waals surface area contributed by atoms with Crippen molar-refractivity contribution in [3.63, 3.8) is 0 Å². The summed E-state index contributed by atoms with van der Waals surface area (Å²) in [6, 6.07) is 9.00. The van der Waals surface area contributed by atoms with E-state index in [1.807, 2.05) is 11.3 Å². The van der Waals surface area contributed by atoms with E-state index in [0.29, 0.717) is 0 Å². The maximum Gasteiger partial charge on any atom is 0.0380 e. The van der Waals surface area contributed by atoms with Crippen molar-refractivity contribution in [3.8, 4) is 0 Å². The molecule has 0 saturated carbocycles. The third kappa shape index (κ3) is 1.30. The summed E-state index contributed by atoms with van der Waals surface area (Å²) in [7, 11) is 0. The van der Waals surface area contributed by atoms with E-state index in [1.165, 1.54) is 41.7 Å². The van der Waals surface area contributed by atoms with Crippen LogP contribution >= 0.6 is 11.3 Å². The molecular formula is C12H13NS. The number of rotatable bonds is 1. The predicted molar refractivity (Wildman–Crippen MR) is 63.3 cm³/mol. The fourth-order valence-corrected chi connectivity index (χ4v) is 2.94. The van der Waals surface area contributed by atoms with Gasteiger partial charge in [0.25, 0.3) is 0 Å². The molecule has 2 heterocycles. The van der Waals surface area contributed by atoms with Gasteiger partial charge in [0.2, 0.25) is 0 Å². The lowest BCUT2D eigenvalue weighted by atomic mass is 10.2. The van der Waals surface area contributed by atoms with Gasteiger partial charge in [0.1, 0.15) is 0 Å². The van der Waals surface area contributed by atoms with Gasteiger partial charge in [-0.2, -0.15) is 0 Å². The number of benzene rings is 1. The molecule has 72 valence electrons. The van der Waals surface area contributed by atoms with E-state index in [1.54, 1.807) is 0 Å². The summed E-state index contributed by atoms with van der Waals surface area (Å²) in [4.78, 5) is 2.49. The molecule has 2 aromatic rings. The second-order valence-corrected chi connectivity index (χ2v) is 4.78. The zero-order chi connectivity index (χ0) is 9.38. The van der Waals surface area contributed by atoms with Crippen LogP contribution in [0.5, 0.6) is 0 Å². The van der Waals surface area contributed by atoms with Crippen LogP contribution < -0.4 is 4.90 Å². The standard InChI is InChI=1S/C12H13NS/c1-2-7-13(6-1)11-4-3-10-5-8-14-12(10)9-11/h3-5,8-9H,1-2,6-7H2. The topological polar surface area (TPSA) is 3.24 Å². The highest BCUT2D eigenvalue weighted by Gasteiger charge is 2.12. The van der Waals surface area contributed by atoms with Crippen molar-refractivity contribution in [2.45, 2.75) is 12.8 Å². The van der Waals surface area contributed by atoms with Crippen molar-refractivity contribution in [3.05, 3.63) is 29.6 Å². The first-order valence-electron chi connectivity index (χ1n) is 5.16. The average Bonchev–Trinajstić information content (AvgIpc) is 2.88. The van der Waals surface area contributed by atoms with Crippen LogP contribution in [0, 0.1) is 0 Å². The molecule has 1 aliphatic heterocycles. The lowest BCUT2D eigenvalue weighted by Crippen LogP contribution is -2.17. The van der Waals surface area contributed by atoms with Crippen LogP contribution in [-0.2, 0) is 0 Å². The lowest BCUT2D eigenvalue weighted by molar-refractivity contribution is 0.949. The highest BCUT2D eigenvalue weighted by atomic mass is 32.1. The van der Waals surface area contributed by atoms with Gasteiger partial charge in [0.15, 0.2) is 0 Å². The van der Waals surface area contributed by atoms with E-state index in [4.69, 9.17) is 0 Å². The Balaban J connectivity index is 2.04. The molecule has 0 radical (unpaired) electrons. The normalized spacial score (nSPS) is 16.7. The second kappa shape index (κ2) is 3.28. The average molecular weight is 203 g/mol. The molecule has 2 heteroatoms. The summed E-state index contributed by atoms with van der Waals surface area (Å²) < 4.78 is 1.41. The monoisotopic (exact) mass is 203 g/mol. The molecule has 0 aliphatic carbocycles. The predicted octanol–water partition coefficient (Wildman–Crippen LogP) is 3.50. The third-order valence-electron chi connectivity index (χ3n) is 2.91. The minimum Gasteiger partial charge on any atom is -0.371 e. The van der Waals surface area contributed by atoms with Crippen molar-refractivity contribution in [1.29, 1.82) is 0 Å². The van der Waals surface area contributed by atoms with Gasteiger partial charge in [-0.25, -0.2) is 0 Å². The van der Waals surface area contributed by atoms with Crippen LogP contribution in [0.2, 0.25) is 0 Å². The first-order valence-corrected chi connectivity index (χ1v) is 6.04. The largest absolute Gasteiger partial charge is 0.371 e. The van der Waals surface area contributed by atoms with E-state index >= 15 is 0 Å². The number of hydrogen-bond acceptors (Lipinski definition) is 2. The summed E-state index contributed by atoms with van der Waals surface area (Å²) in [5.74, 6) is 0. The van der Waals surface area contributed by atoms with Crippen LogP contribution in [-0.4, -0.2) is 13.1 Å². The van der Waals surface area contributed by atoms with Crippen molar-refractivity contribution < 1.29 is 0 Å². The molecule has 1 saturated heterocycles. The van der Waals surface area contributed by atoms with E-state index in [2.05, 4.69) is 34.5 Å². The zero-order valence-electron chi connectivity index (χ0n) is 8.07. The molecule has 0 unspecified atom stereocenters. The zero-order valence-corrected chi connectivity index (χ0v) is 8.89. The molecular weight excluding hydrogens is 190 g/mol. The molecule has 0 spiro atoms. The third-order valence-corrected chi connectivity index (χ3v) is 3.79. The lowest BCUT2D eigenvalue weighted by Gasteiger charge is -2.17. The number of thiophene rings is 1. The second-order valence-electron chi connectivity index (χ2n) is 3.84. The van der Waals surface area contributed by atoms with Gasteiger partial charge in [-0.1, -0.05) is 6.07 Å². The molecule has 1 nitrogen and oxygen atoms in total. The van der Waals surface area contributed by atoms with Gasteiger partial charge in [-0.05, 0) is 41.8 Å². The summed E-state index contributed by atoms with van der Waals surface area (Å²) in [6.07, 6.45) is 2.70. The summed E-state index contributed by atoms with van der Waals surface area (Å²) >= 11 is 1.83. The first kappa shape index (κ1) is 8.30. The fourth-order valence-electron chi connectivity index (χ4n) is 2.12. The Morgan fingerprint density at radius 2 is 1.93 bits per heavy atom.